The lowest BCUT2D eigenvalue weighted by atomic mass is 10.1. The zero-order valence-electron chi connectivity index (χ0n) is 44.0. The van der Waals surface area contributed by atoms with Crippen molar-refractivity contribution in [2.45, 2.75) is 83.1 Å². The van der Waals surface area contributed by atoms with Crippen molar-refractivity contribution in [3.05, 3.63) is 250 Å². The van der Waals surface area contributed by atoms with E-state index in [9.17, 15) is 0 Å². The number of hydrogen-bond acceptors (Lipinski definition) is 6. The fourth-order valence-corrected chi connectivity index (χ4v) is 8.40. The largest absolute Gasteiger partial charge is 0.256 e. The molecule has 12 rings (SSSR count). The summed E-state index contributed by atoms with van der Waals surface area (Å²) in [4.78, 5) is 26.0. The molecular formula is C66H66N6. The molecule has 0 amide bonds. The summed E-state index contributed by atoms with van der Waals surface area (Å²) in [7, 11) is 0. The van der Waals surface area contributed by atoms with Gasteiger partial charge in [0.05, 0.1) is 33.1 Å². The first kappa shape index (κ1) is 51.6. The maximum Gasteiger partial charge on any atom is 0.0733 e. The van der Waals surface area contributed by atoms with Crippen LogP contribution in [0.4, 0.5) is 0 Å². The standard InChI is InChI=1S/6C11H11N/c1-8-3-6-11-10(7-8)5-4-9(2)12-11;1-8-3-4-11-10(5-8)6-9(2)7-12-11;1-8-3-4-11-10(7-8)9(2)5-6-12-11;1-8-5-6-10-4-3-7-12-11(10)9(8)2;1-8-6-10-4-3-5-12-11(10)7-9(8)2;1-8-6-9(2)11-10(7-8)4-3-5-12-11/h6*3-7H,1-2H3. The van der Waals surface area contributed by atoms with Crippen molar-refractivity contribution in [1.29, 1.82) is 0 Å². The Hall–Kier alpha value is -8.22. The van der Waals surface area contributed by atoms with E-state index in [1.807, 2.05) is 68.2 Å². The van der Waals surface area contributed by atoms with Gasteiger partial charge in [0.2, 0.25) is 0 Å². The molecule has 6 heteroatoms. The van der Waals surface area contributed by atoms with E-state index in [4.69, 9.17) is 0 Å². The van der Waals surface area contributed by atoms with Gasteiger partial charge in [-0.25, -0.2) is 0 Å². The average molecular weight is 943 g/mol. The second kappa shape index (κ2) is 24.1. The van der Waals surface area contributed by atoms with Crippen molar-refractivity contribution in [3.63, 3.8) is 0 Å². The number of hydrogen-bond donors (Lipinski definition) is 0. The Bertz CT molecular complexity index is 3650. The summed E-state index contributed by atoms with van der Waals surface area (Å²) in [6.45, 7) is 25.2. The van der Waals surface area contributed by atoms with Crippen LogP contribution in [0.25, 0.3) is 65.4 Å². The van der Waals surface area contributed by atoms with Gasteiger partial charge in [-0.05, 0) is 213 Å². The molecule has 0 saturated carbocycles. The molecule has 0 radical (unpaired) electrons. The predicted octanol–water partition coefficient (Wildman–Crippen LogP) is 17.1. The third-order valence-corrected chi connectivity index (χ3v) is 12.6. The molecule has 6 aromatic heterocycles. The summed E-state index contributed by atoms with van der Waals surface area (Å²) in [5, 5.41) is 7.39. The summed E-state index contributed by atoms with van der Waals surface area (Å²) in [5.74, 6) is 0. The Balaban J connectivity index is 0.000000127. The number of benzene rings is 6. The van der Waals surface area contributed by atoms with Crippen LogP contribution in [0.3, 0.4) is 0 Å². The first-order valence-electron chi connectivity index (χ1n) is 24.6. The Kier molecular flexibility index (Phi) is 17.3. The van der Waals surface area contributed by atoms with Crippen LogP contribution in [-0.4, -0.2) is 29.9 Å². The summed E-state index contributed by atoms with van der Waals surface area (Å²) in [6.07, 6.45) is 9.27. The van der Waals surface area contributed by atoms with Crippen LogP contribution in [0, 0.1) is 83.1 Å². The molecule has 0 bridgehead atoms. The van der Waals surface area contributed by atoms with E-state index in [-0.39, 0.29) is 0 Å². The third-order valence-electron chi connectivity index (χ3n) is 12.6. The number of fused-ring (bicyclic) bond motifs is 6. The zero-order chi connectivity index (χ0) is 51.3. The molecule has 0 atom stereocenters. The van der Waals surface area contributed by atoms with Crippen molar-refractivity contribution < 1.29 is 0 Å². The summed E-state index contributed by atoms with van der Waals surface area (Å²) in [5.41, 5.74) is 21.8. The van der Waals surface area contributed by atoms with Crippen molar-refractivity contribution in [1.82, 2.24) is 29.9 Å². The molecule has 12 aromatic rings. The first-order chi connectivity index (χ1) is 34.6. The number of aryl methyl sites for hydroxylation is 12. The zero-order valence-corrected chi connectivity index (χ0v) is 44.0. The highest BCUT2D eigenvalue weighted by molar-refractivity contribution is 5.85. The van der Waals surface area contributed by atoms with E-state index in [1.54, 1.807) is 0 Å². The molecule has 72 heavy (non-hydrogen) atoms. The first-order valence-corrected chi connectivity index (χ1v) is 24.6. The lowest BCUT2D eigenvalue weighted by Gasteiger charge is -2.02. The maximum atomic E-state index is 4.42. The van der Waals surface area contributed by atoms with Gasteiger partial charge in [0.25, 0.3) is 0 Å². The average Bonchev–Trinajstić information content (AvgIpc) is 3.37. The Labute approximate surface area is 426 Å². The van der Waals surface area contributed by atoms with Crippen LogP contribution < -0.4 is 0 Å². The van der Waals surface area contributed by atoms with Gasteiger partial charge in [-0.3, -0.25) is 29.9 Å². The molecule has 6 aromatic carbocycles. The van der Waals surface area contributed by atoms with Gasteiger partial charge in [0.1, 0.15) is 0 Å². The molecule has 6 nitrogen and oxygen atoms in total. The van der Waals surface area contributed by atoms with Gasteiger partial charge < -0.3 is 0 Å². The van der Waals surface area contributed by atoms with Crippen LogP contribution >= 0.6 is 0 Å². The SMILES string of the molecule is Cc1cc(C)c2ncccc2c1.Cc1cc2cccnc2cc1C.Cc1ccc2cccnc2c1C.Cc1ccc2nc(C)ccc2c1.Cc1ccc2ncc(C)cc2c1.Cc1ccc2nccc(C)c2c1. The van der Waals surface area contributed by atoms with Gasteiger partial charge in [-0.2, -0.15) is 0 Å². The van der Waals surface area contributed by atoms with E-state index < -0.39 is 0 Å². The minimum Gasteiger partial charge on any atom is -0.256 e. The minimum absolute atomic E-state index is 1.08. The van der Waals surface area contributed by atoms with Crippen LogP contribution in [0.5, 0.6) is 0 Å². The van der Waals surface area contributed by atoms with Crippen LogP contribution in [0.1, 0.15) is 66.9 Å². The fourth-order valence-electron chi connectivity index (χ4n) is 8.40. The smallest absolute Gasteiger partial charge is 0.0733 e. The summed E-state index contributed by atoms with van der Waals surface area (Å²) < 4.78 is 0. The van der Waals surface area contributed by atoms with Gasteiger partial charge in [-0.1, -0.05) is 82.9 Å². The Morgan fingerprint density at radius 1 is 0.278 bits per heavy atom. The molecular weight excluding hydrogens is 877 g/mol. The topological polar surface area (TPSA) is 77.3 Å². The molecule has 0 spiro atoms. The predicted molar refractivity (Wildman–Crippen MR) is 307 cm³/mol. The molecule has 6 heterocycles. The number of nitrogens with zero attached hydrogens (tertiary/aromatic N) is 6. The Morgan fingerprint density at radius 3 is 1.58 bits per heavy atom. The highest BCUT2D eigenvalue weighted by Gasteiger charge is 2.02. The molecule has 360 valence electrons. The van der Waals surface area contributed by atoms with Crippen molar-refractivity contribution in [2.24, 2.45) is 0 Å². The second-order valence-electron chi connectivity index (χ2n) is 18.9. The van der Waals surface area contributed by atoms with Crippen LogP contribution in [0.2, 0.25) is 0 Å². The van der Waals surface area contributed by atoms with E-state index in [0.717, 1.165) is 38.8 Å². The highest BCUT2D eigenvalue weighted by Crippen LogP contribution is 2.21. The molecule has 0 aliphatic heterocycles. The molecule has 0 unspecified atom stereocenters. The number of pyridine rings is 6. The molecule has 0 fully saturated rings. The third kappa shape index (κ3) is 13.8. The van der Waals surface area contributed by atoms with Gasteiger partial charge in [-0.15, -0.1) is 0 Å². The lowest BCUT2D eigenvalue weighted by Crippen LogP contribution is -1.85. The van der Waals surface area contributed by atoms with E-state index >= 15 is 0 Å². The fraction of sp³-hybridized carbons (Fsp3) is 0.182. The van der Waals surface area contributed by atoms with Crippen LogP contribution in [0.15, 0.2) is 183 Å². The summed E-state index contributed by atoms with van der Waals surface area (Å²) in [6, 6.07) is 52.4. The van der Waals surface area contributed by atoms with Gasteiger partial charge >= 0.3 is 0 Å². The van der Waals surface area contributed by atoms with E-state index in [1.165, 1.54) is 93.5 Å². The number of rotatable bonds is 0. The minimum atomic E-state index is 1.08. The molecule has 0 saturated heterocycles. The van der Waals surface area contributed by atoms with E-state index in [0.29, 0.717) is 0 Å². The molecule has 0 N–H and O–H groups in total. The van der Waals surface area contributed by atoms with Gasteiger partial charge in [0, 0.05) is 69.0 Å². The van der Waals surface area contributed by atoms with E-state index in [2.05, 4.69) is 227 Å². The second-order valence-corrected chi connectivity index (χ2v) is 18.9. The monoisotopic (exact) mass is 943 g/mol. The van der Waals surface area contributed by atoms with Gasteiger partial charge in [0.15, 0.2) is 0 Å². The summed E-state index contributed by atoms with van der Waals surface area (Å²) >= 11 is 0. The van der Waals surface area contributed by atoms with Crippen molar-refractivity contribution in [3.8, 4) is 0 Å². The van der Waals surface area contributed by atoms with Crippen molar-refractivity contribution in [2.75, 3.05) is 0 Å². The maximum absolute atomic E-state index is 4.42. The quantitative estimate of drug-likeness (QED) is 0.151. The highest BCUT2D eigenvalue weighted by atomic mass is 14.7. The molecule has 0 aliphatic carbocycles. The molecule has 0 aliphatic rings. The van der Waals surface area contributed by atoms with Crippen molar-refractivity contribution >= 4 is 65.4 Å². The lowest BCUT2D eigenvalue weighted by molar-refractivity contribution is 1.25. The van der Waals surface area contributed by atoms with Crippen LogP contribution in [-0.2, 0) is 0 Å². The normalized spacial score (nSPS) is 10.5. The Morgan fingerprint density at radius 2 is 0.833 bits per heavy atom. The number of aromatic nitrogens is 6.